The predicted molar refractivity (Wildman–Crippen MR) is 146 cm³/mol. The summed E-state index contributed by atoms with van der Waals surface area (Å²) in [6.45, 7) is -0.323. The number of carbonyl (C=O) groups is 3. The molecule has 9 heteroatoms. The molecular formula is C29H28Cl2N2O5. The molecule has 0 saturated heterocycles. The molecule has 2 aliphatic carbocycles. The van der Waals surface area contributed by atoms with Gasteiger partial charge in [-0.05, 0) is 55.5 Å². The maximum absolute atomic E-state index is 13.2. The monoisotopic (exact) mass is 554 g/mol. The molecule has 0 bridgehead atoms. The van der Waals surface area contributed by atoms with Crippen LogP contribution in [0.25, 0.3) is 0 Å². The van der Waals surface area contributed by atoms with Gasteiger partial charge in [0.05, 0.1) is 22.8 Å². The largest absolute Gasteiger partial charge is 0.493 e. The number of para-hydroxylation sites is 1. The van der Waals surface area contributed by atoms with Crippen LogP contribution in [0.15, 0.2) is 58.9 Å². The highest BCUT2D eigenvalue weighted by Crippen LogP contribution is 2.50. The van der Waals surface area contributed by atoms with E-state index in [1.54, 1.807) is 36.4 Å². The number of nitrogens with zero attached hydrogens (tertiary/aromatic N) is 1. The van der Waals surface area contributed by atoms with Crippen molar-refractivity contribution in [3.8, 4) is 11.5 Å². The summed E-state index contributed by atoms with van der Waals surface area (Å²) in [6, 6.07) is 10.4. The van der Waals surface area contributed by atoms with Gasteiger partial charge in [-0.1, -0.05) is 35.3 Å². The van der Waals surface area contributed by atoms with E-state index in [1.807, 2.05) is 7.05 Å². The zero-order valence-corrected chi connectivity index (χ0v) is 22.7. The van der Waals surface area contributed by atoms with E-state index >= 15 is 0 Å². The first-order chi connectivity index (χ1) is 18.3. The molecule has 38 heavy (non-hydrogen) atoms. The standard InChI is InChI=1S/C29H28Cl2N2O5/c1-33-20-9-5-11-22(34)27(20)26(28-21(33)10-6-12-23(28)35)16-13-18(31)29(24(14-16)37-2)38-15-25(36)32-19-8-4-3-7-17(19)30/h3-4,7-8,13-14,26H,5-6,9-12,15H2,1-2H3,(H,32,36). The molecule has 0 unspecified atom stereocenters. The quantitative estimate of drug-likeness (QED) is 0.467. The zero-order valence-electron chi connectivity index (χ0n) is 21.2. The topological polar surface area (TPSA) is 84.9 Å². The number of nitrogens with one attached hydrogen (secondary N) is 1. The van der Waals surface area contributed by atoms with Gasteiger partial charge >= 0.3 is 0 Å². The minimum absolute atomic E-state index is 0.0553. The molecule has 0 radical (unpaired) electrons. The Kier molecular flexibility index (Phi) is 7.50. The van der Waals surface area contributed by atoms with Crippen molar-refractivity contribution in [3.63, 3.8) is 0 Å². The molecule has 0 aromatic heterocycles. The van der Waals surface area contributed by atoms with Gasteiger partial charge < -0.3 is 19.7 Å². The van der Waals surface area contributed by atoms with Crippen LogP contribution in [-0.2, 0) is 14.4 Å². The van der Waals surface area contributed by atoms with Gasteiger partial charge in [-0.25, -0.2) is 0 Å². The maximum Gasteiger partial charge on any atom is 0.262 e. The van der Waals surface area contributed by atoms with Crippen molar-refractivity contribution >= 4 is 46.4 Å². The Morgan fingerprint density at radius 2 is 1.61 bits per heavy atom. The van der Waals surface area contributed by atoms with E-state index in [-0.39, 0.29) is 28.9 Å². The highest BCUT2D eigenvalue weighted by atomic mass is 35.5. The van der Waals surface area contributed by atoms with E-state index in [2.05, 4.69) is 10.2 Å². The fourth-order valence-corrected chi connectivity index (χ4v) is 6.08. The third-order valence-electron chi connectivity index (χ3n) is 7.33. The summed E-state index contributed by atoms with van der Waals surface area (Å²) in [4.78, 5) is 41.0. The second-order valence-corrected chi connectivity index (χ2v) is 10.4. The van der Waals surface area contributed by atoms with Crippen LogP contribution in [-0.4, -0.2) is 43.1 Å². The number of amides is 1. The lowest BCUT2D eigenvalue weighted by Gasteiger charge is -2.42. The lowest BCUT2D eigenvalue weighted by Crippen LogP contribution is -2.37. The Bertz CT molecular complexity index is 1350. The average Bonchev–Trinajstić information content (AvgIpc) is 2.90. The van der Waals surface area contributed by atoms with Crippen LogP contribution in [0, 0.1) is 0 Å². The maximum atomic E-state index is 13.2. The smallest absolute Gasteiger partial charge is 0.262 e. The Morgan fingerprint density at radius 1 is 0.974 bits per heavy atom. The van der Waals surface area contributed by atoms with Gasteiger partial charge in [-0.3, -0.25) is 14.4 Å². The molecule has 7 nitrogen and oxygen atoms in total. The van der Waals surface area contributed by atoms with E-state index in [0.717, 1.165) is 37.1 Å². The SMILES string of the molecule is COc1cc(C2C3=C(CCCC3=O)N(C)C3=C2C(=O)CCC3)cc(Cl)c1OCC(=O)Nc1ccccc1Cl. The zero-order chi connectivity index (χ0) is 27.0. The normalized spacial score (nSPS) is 17.8. The molecule has 0 spiro atoms. The third kappa shape index (κ3) is 4.81. The van der Waals surface area contributed by atoms with E-state index in [0.29, 0.717) is 46.0 Å². The minimum Gasteiger partial charge on any atom is -0.493 e. The van der Waals surface area contributed by atoms with Crippen LogP contribution in [0.3, 0.4) is 0 Å². The van der Waals surface area contributed by atoms with Crippen LogP contribution in [0.5, 0.6) is 11.5 Å². The lowest BCUT2D eigenvalue weighted by molar-refractivity contribution is -0.118. The fraction of sp³-hybridized carbons (Fsp3) is 0.345. The Labute approximate surface area is 231 Å². The van der Waals surface area contributed by atoms with Crippen molar-refractivity contribution in [1.82, 2.24) is 4.90 Å². The Morgan fingerprint density at radius 3 is 2.21 bits per heavy atom. The minimum atomic E-state index is -0.513. The highest BCUT2D eigenvalue weighted by Gasteiger charge is 2.42. The Hall–Kier alpha value is -3.29. The number of carbonyl (C=O) groups excluding carboxylic acids is 3. The number of allylic oxidation sites excluding steroid dienone is 4. The van der Waals surface area contributed by atoms with Crippen molar-refractivity contribution in [3.05, 3.63) is 74.5 Å². The number of hydrogen-bond acceptors (Lipinski definition) is 6. The number of ether oxygens (including phenoxy) is 2. The van der Waals surface area contributed by atoms with E-state index < -0.39 is 11.8 Å². The van der Waals surface area contributed by atoms with E-state index in [1.165, 1.54) is 7.11 Å². The average molecular weight is 555 g/mol. The number of halogens is 2. The van der Waals surface area contributed by atoms with Crippen LogP contribution < -0.4 is 14.8 Å². The molecule has 198 valence electrons. The summed E-state index contributed by atoms with van der Waals surface area (Å²) < 4.78 is 11.4. The predicted octanol–water partition coefficient (Wildman–Crippen LogP) is 6.06. The fourth-order valence-electron chi connectivity index (χ4n) is 5.62. The first kappa shape index (κ1) is 26.3. The molecule has 2 aromatic carbocycles. The molecule has 5 rings (SSSR count). The summed E-state index contributed by atoms with van der Waals surface area (Å²) in [7, 11) is 3.43. The van der Waals surface area contributed by atoms with Crippen LogP contribution in [0.1, 0.15) is 50.0 Å². The molecule has 1 amide bonds. The summed E-state index contributed by atoms with van der Waals surface area (Å²) >= 11 is 12.8. The van der Waals surface area contributed by atoms with Crippen LogP contribution in [0.4, 0.5) is 5.69 Å². The van der Waals surface area contributed by atoms with Gasteiger partial charge in [0.1, 0.15) is 0 Å². The van der Waals surface area contributed by atoms with Gasteiger partial charge in [0.2, 0.25) is 0 Å². The Balaban J connectivity index is 1.48. The van der Waals surface area contributed by atoms with Crippen LogP contribution >= 0.6 is 23.2 Å². The first-order valence-corrected chi connectivity index (χ1v) is 13.4. The molecule has 1 aliphatic heterocycles. The summed E-state index contributed by atoms with van der Waals surface area (Å²) in [5.74, 6) is -0.303. The van der Waals surface area contributed by atoms with Crippen molar-refractivity contribution in [2.24, 2.45) is 0 Å². The molecule has 0 fully saturated rings. The molecular weight excluding hydrogens is 527 g/mol. The second-order valence-electron chi connectivity index (χ2n) is 9.62. The van der Waals surface area contributed by atoms with Crippen molar-refractivity contribution in [1.29, 1.82) is 0 Å². The first-order valence-electron chi connectivity index (χ1n) is 12.6. The summed E-state index contributed by atoms with van der Waals surface area (Å²) in [6.07, 6.45) is 4.05. The second kappa shape index (κ2) is 10.8. The van der Waals surface area contributed by atoms with Gasteiger partial charge in [-0.15, -0.1) is 0 Å². The number of anilines is 1. The van der Waals surface area contributed by atoms with Gasteiger partial charge in [0.25, 0.3) is 5.91 Å². The van der Waals surface area contributed by atoms with Crippen LogP contribution in [0.2, 0.25) is 10.0 Å². The molecule has 0 saturated carbocycles. The van der Waals surface area contributed by atoms with Crippen molar-refractivity contribution in [2.75, 3.05) is 26.1 Å². The van der Waals surface area contributed by atoms with Gasteiger partial charge in [-0.2, -0.15) is 0 Å². The lowest BCUT2D eigenvalue weighted by atomic mass is 9.71. The van der Waals surface area contributed by atoms with Crippen molar-refractivity contribution < 1.29 is 23.9 Å². The highest BCUT2D eigenvalue weighted by molar-refractivity contribution is 6.33. The number of hydrogen-bond donors (Lipinski definition) is 1. The number of Topliss-reactive ketones (excluding diaryl/α,β-unsaturated/α-hetero) is 2. The van der Waals surface area contributed by atoms with Gasteiger partial charge in [0, 0.05) is 48.3 Å². The van der Waals surface area contributed by atoms with E-state index in [9.17, 15) is 14.4 Å². The number of rotatable bonds is 6. The third-order valence-corrected chi connectivity index (χ3v) is 7.94. The van der Waals surface area contributed by atoms with Crippen molar-refractivity contribution in [2.45, 2.75) is 44.4 Å². The summed E-state index contributed by atoms with van der Waals surface area (Å²) in [5, 5.41) is 3.34. The summed E-state index contributed by atoms with van der Waals surface area (Å²) in [5.41, 5.74) is 4.45. The van der Waals surface area contributed by atoms with E-state index in [4.69, 9.17) is 32.7 Å². The molecule has 1 heterocycles. The number of methoxy groups -OCH3 is 1. The molecule has 3 aliphatic rings. The molecule has 0 atom stereocenters. The number of ketones is 2. The molecule has 1 N–H and O–H groups in total. The molecule has 2 aromatic rings. The van der Waals surface area contributed by atoms with Gasteiger partial charge in [0.15, 0.2) is 29.7 Å². The number of benzene rings is 2.